The van der Waals surface area contributed by atoms with E-state index in [1.165, 1.54) is 28.1 Å². The van der Waals surface area contributed by atoms with Gasteiger partial charge in [-0.3, -0.25) is 24.4 Å². The van der Waals surface area contributed by atoms with Crippen molar-refractivity contribution >= 4 is 58.3 Å². The highest BCUT2D eigenvalue weighted by Gasteiger charge is 2.28. The molecule has 2 aliphatic carbocycles. The Morgan fingerprint density at radius 2 is 1.16 bits per heavy atom. The van der Waals surface area contributed by atoms with Gasteiger partial charge in [0.05, 0.1) is 48.1 Å². The van der Waals surface area contributed by atoms with Crippen molar-refractivity contribution in [3.05, 3.63) is 107 Å². The van der Waals surface area contributed by atoms with Crippen molar-refractivity contribution in [2.45, 2.75) is 96.9 Å². The zero-order chi connectivity index (χ0) is 50.0. The molecule has 1 amide bonds. The van der Waals surface area contributed by atoms with E-state index in [-0.39, 0.29) is 77.9 Å². The molecule has 8 aromatic rings. The van der Waals surface area contributed by atoms with E-state index in [2.05, 4.69) is 55.8 Å². The Kier molecular flexibility index (Phi) is 19.5. The van der Waals surface area contributed by atoms with Crippen molar-refractivity contribution in [1.29, 1.82) is 0 Å². The molecule has 8 aromatic heterocycles. The Balaban J connectivity index is 0.000000196. The number of hydrogen-bond donors (Lipinski definition) is 5. The summed E-state index contributed by atoms with van der Waals surface area (Å²) in [7, 11) is 0. The van der Waals surface area contributed by atoms with Crippen molar-refractivity contribution in [2.24, 2.45) is 0 Å². The minimum Gasteiger partial charge on any atom is -0.476 e. The van der Waals surface area contributed by atoms with Crippen molar-refractivity contribution in [2.75, 3.05) is 24.3 Å². The van der Waals surface area contributed by atoms with Crippen LogP contribution in [0.15, 0.2) is 72.2 Å². The molecule has 0 atom stereocenters. The number of carboxylic acid groups (broad SMARTS) is 1. The molecular formula is C47H53ClF4N14O5S2. The van der Waals surface area contributed by atoms with Gasteiger partial charge in [-0.2, -0.15) is 29.2 Å². The van der Waals surface area contributed by atoms with Gasteiger partial charge in [0.25, 0.3) is 5.91 Å². The molecule has 2 fully saturated rings. The van der Waals surface area contributed by atoms with Crippen LogP contribution in [-0.2, 0) is 9.47 Å². The normalized spacial score (nSPS) is 17.2. The van der Waals surface area contributed by atoms with Crippen LogP contribution in [0.5, 0.6) is 0 Å². The van der Waals surface area contributed by atoms with Gasteiger partial charge in [0.15, 0.2) is 17.3 Å². The third kappa shape index (κ3) is 13.8. The molecule has 388 valence electrons. The van der Waals surface area contributed by atoms with Gasteiger partial charge in [0.2, 0.25) is 11.9 Å². The quantitative estimate of drug-likeness (QED) is 0.0532. The van der Waals surface area contributed by atoms with Crippen molar-refractivity contribution in [3.8, 4) is 43.9 Å². The van der Waals surface area contributed by atoms with Gasteiger partial charge >= 0.3 is 5.97 Å². The van der Waals surface area contributed by atoms with Crippen LogP contribution in [0.2, 0.25) is 0 Å². The number of rotatable bonds is 13. The predicted octanol–water partition coefficient (Wildman–Crippen LogP) is 10.5. The summed E-state index contributed by atoms with van der Waals surface area (Å²) in [5, 5.41) is 37.7. The van der Waals surface area contributed by atoms with Crippen LogP contribution in [-0.4, -0.2) is 102 Å². The molecule has 2 aliphatic rings. The minimum absolute atomic E-state index is 0. The summed E-state index contributed by atoms with van der Waals surface area (Å²) >= 11 is 2.58. The van der Waals surface area contributed by atoms with Crippen LogP contribution in [0.1, 0.15) is 106 Å². The second-order valence-corrected chi connectivity index (χ2v) is 18.0. The number of halogens is 5. The highest BCUT2D eigenvalue weighted by Crippen LogP contribution is 2.36. The molecule has 8 heterocycles. The van der Waals surface area contributed by atoms with Crippen LogP contribution in [0.3, 0.4) is 0 Å². The fourth-order valence-electron chi connectivity index (χ4n) is 8.15. The van der Waals surface area contributed by atoms with Crippen molar-refractivity contribution in [1.82, 2.24) is 59.9 Å². The molecule has 73 heavy (non-hydrogen) atoms. The summed E-state index contributed by atoms with van der Waals surface area (Å²) in [6.07, 6.45) is 17.5. The first-order valence-electron chi connectivity index (χ1n) is 22.6. The number of nitrogen functional groups attached to an aromatic ring is 1. The lowest BCUT2D eigenvalue weighted by Crippen LogP contribution is -2.24. The number of thiazole rings is 2. The van der Waals surface area contributed by atoms with E-state index in [4.69, 9.17) is 20.3 Å². The number of H-pyrrole nitrogens is 2. The molecule has 0 spiro atoms. The fourth-order valence-corrected chi connectivity index (χ4v) is 9.71. The summed E-state index contributed by atoms with van der Waals surface area (Å²) in [4.78, 5) is 39.1. The molecule has 0 aromatic carbocycles. The first-order valence-corrected chi connectivity index (χ1v) is 24.4. The van der Waals surface area contributed by atoms with Gasteiger partial charge in [0, 0.05) is 59.9 Å². The van der Waals surface area contributed by atoms with E-state index < -0.39 is 35.4 Å². The average molecular weight is 1070 g/mol. The number of carbonyl (C=O) groups is 2. The van der Waals surface area contributed by atoms with E-state index in [9.17, 15) is 27.2 Å². The van der Waals surface area contributed by atoms with Crippen LogP contribution in [0.25, 0.3) is 43.9 Å². The van der Waals surface area contributed by atoms with Gasteiger partial charge in [-0.25, -0.2) is 33.5 Å². The van der Waals surface area contributed by atoms with E-state index in [0.717, 1.165) is 93.4 Å². The molecule has 0 aliphatic heterocycles. The lowest BCUT2D eigenvalue weighted by molar-refractivity contribution is 0.0258. The molecule has 0 radical (unpaired) electrons. The number of aromatic amines is 2. The lowest BCUT2D eigenvalue weighted by atomic mass is 9.93. The van der Waals surface area contributed by atoms with Crippen LogP contribution < -0.4 is 11.1 Å². The van der Waals surface area contributed by atoms with E-state index in [1.807, 2.05) is 13.8 Å². The predicted molar refractivity (Wildman–Crippen MR) is 269 cm³/mol. The van der Waals surface area contributed by atoms with E-state index in [0.29, 0.717) is 28.4 Å². The average Bonchev–Trinajstić information content (AvgIpc) is 4.23. The first-order chi connectivity index (χ1) is 34.4. The third-order valence-electron chi connectivity index (χ3n) is 11.6. The third-order valence-corrected chi connectivity index (χ3v) is 13.4. The van der Waals surface area contributed by atoms with Gasteiger partial charge < -0.3 is 25.6 Å². The van der Waals surface area contributed by atoms with Gasteiger partial charge in [-0.15, -0.1) is 35.1 Å². The number of hydrogen-bond acceptors (Lipinski definition) is 15. The van der Waals surface area contributed by atoms with Gasteiger partial charge in [0.1, 0.15) is 38.5 Å². The topological polar surface area (TPSA) is 255 Å². The Morgan fingerprint density at radius 3 is 1.63 bits per heavy atom. The second-order valence-electron chi connectivity index (χ2n) is 16.3. The summed E-state index contributed by atoms with van der Waals surface area (Å²) in [6.45, 7) is 5.36. The fraction of sp³-hybridized carbons (Fsp3) is 0.362. The first kappa shape index (κ1) is 55.4. The maximum atomic E-state index is 14.6. The Bertz CT molecular complexity index is 3030. The summed E-state index contributed by atoms with van der Waals surface area (Å²) in [5.41, 5.74) is 8.13. The summed E-state index contributed by atoms with van der Waals surface area (Å²) < 4.78 is 70.5. The highest BCUT2D eigenvalue weighted by molar-refractivity contribution is 7.13. The molecule has 0 saturated heterocycles. The highest BCUT2D eigenvalue weighted by atomic mass is 35.5. The zero-order valence-electron chi connectivity index (χ0n) is 38.7. The largest absolute Gasteiger partial charge is 0.476 e. The molecular weight excluding hydrogens is 1020 g/mol. The molecule has 10 rings (SSSR count). The smallest absolute Gasteiger partial charge is 0.355 e. The van der Waals surface area contributed by atoms with E-state index in [1.54, 1.807) is 51.9 Å². The molecule has 26 heteroatoms. The maximum absolute atomic E-state index is 14.6. The lowest BCUT2D eigenvalue weighted by Gasteiger charge is -2.28. The number of nitrogens with zero attached hydrogens (tertiary/aromatic N) is 10. The standard InChI is InChI=1S/C23H23F2N7O2S.C16H20F2N4O.C7H5N3O2S.CH4.ClH/c1-2-34-15-5-3-14(4-6-15)32-11-17(21(31-32)20-16(24)7-8-19(25)30-20)28-22(33)18-12-35-23(29-18)13-9-26-27-10-13;1-2-23-11-5-3-10(4-6-11)22-9-13(19)16(21-22)15-12(17)7-8-14(18)20-15;11-7(12)5-3-13-6(10-5)4-1-8-9-2-4;;/h7-12,14-15H,2-6H2,1H3,(H,26,27)(H,28,33);7-11H,2-6,19H2,1H3;1-3H,(H,8,9)(H,11,12);1H4;1H. The number of aromatic carboxylic acids is 1. The van der Waals surface area contributed by atoms with Crippen LogP contribution in [0.4, 0.5) is 28.9 Å². The number of carboxylic acids is 1. The SMILES string of the molecule is C.CCOC1CCC(n2cc(N)c(-c3nc(F)ccc3F)n2)CC1.CCOC1CCC(n2cc(NC(=O)c3csc(-c4cn[nH]c4)n3)c(-c3nc(F)ccc3F)n2)CC1.Cl.O=C(O)c1csc(-c2cn[nH]c2)n1. The van der Waals surface area contributed by atoms with Gasteiger partial charge in [-0.1, -0.05) is 7.43 Å². The summed E-state index contributed by atoms with van der Waals surface area (Å²) in [6, 6.07) is 4.17. The summed E-state index contributed by atoms with van der Waals surface area (Å²) in [5.74, 6) is -4.46. The Hall–Kier alpha value is -6.93. The second kappa shape index (κ2) is 25.6. The molecule has 0 bridgehead atoms. The number of carbonyl (C=O) groups excluding carboxylic acids is 1. The van der Waals surface area contributed by atoms with Crippen LogP contribution >= 0.6 is 35.1 Å². The number of ether oxygens (including phenoxy) is 2. The molecule has 6 N–H and O–H groups in total. The monoisotopic (exact) mass is 1070 g/mol. The van der Waals surface area contributed by atoms with Crippen LogP contribution in [0, 0.1) is 23.5 Å². The van der Waals surface area contributed by atoms with E-state index >= 15 is 0 Å². The zero-order valence-corrected chi connectivity index (χ0v) is 41.1. The number of amides is 1. The number of nitrogens with two attached hydrogens (primary N) is 1. The van der Waals surface area contributed by atoms with Crippen molar-refractivity contribution in [3.63, 3.8) is 0 Å². The Morgan fingerprint density at radius 1 is 0.699 bits per heavy atom. The molecule has 2 saturated carbocycles. The molecule has 19 nitrogen and oxygen atoms in total. The molecule has 0 unspecified atom stereocenters. The van der Waals surface area contributed by atoms with Gasteiger partial charge in [-0.05, 0) is 89.5 Å². The maximum Gasteiger partial charge on any atom is 0.355 e. The number of aromatic nitrogens is 12. The van der Waals surface area contributed by atoms with Crippen molar-refractivity contribution < 1.29 is 41.7 Å². The number of pyridine rings is 2. The number of anilines is 2. The Labute approximate surface area is 430 Å². The number of nitrogens with one attached hydrogen (secondary N) is 3. The minimum atomic E-state index is -1.01.